The fourth-order valence-corrected chi connectivity index (χ4v) is 1.69. The topological polar surface area (TPSA) is 24.7 Å². The molecule has 1 aliphatic heterocycles. The Bertz CT molecular complexity index is 172. The van der Waals surface area contributed by atoms with Crippen molar-refractivity contribution in [1.29, 1.82) is 0 Å². The third kappa shape index (κ3) is 0.981. The largest absolute Gasteiger partial charge is 0.194 e. The second-order valence-electron chi connectivity index (χ2n) is 3.04. The molecule has 54 valence electrons. The third-order valence-electron chi connectivity index (χ3n) is 2.36. The van der Waals surface area contributed by atoms with E-state index in [4.69, 9.17) is 0 Å². The van der Waals surface area contributed by atoms with Crippen LogP contribution >= 0.6 is 0 Å². The summed E-state index contributed by atoms with van der Waals surface area (Å²) < 4.78 is 0. The van der Waals surface area contributed by atoms with Crippen LogP contribution in [0.1, 0.15) is 19.3 Å². The number of fused-ring (bicyclic) bond motifs is 1. The van der Waals surface area contributed by atoms with Gasteiger partial charge >= 0.3 is 0 Å². The first-order valence-electron chi connectivity index (χ1n) is 3.98. The maximum Gasteiger partial charge on any atom is 0.0774 e. The van der Waals surface area contributed by atoms with E-state index in [1.54, 1.807) is 0 Å². The summed E-state index contributed by atoms with van der Waals surface area (Å²) in [6.45, 7) is 0.953. The van der Waals surface area contributed by atoms with Crippen LogP contribution in [0.5, 0.6) is 0 Å². The molecule has 2 heteroatoms. The van der Waals surface area contributed by atoms with E-state index in [1.807, 2.05) is 0 Å². The summed E-state index contributed by atoms with van der Waals surface area (Å²) in [6.07, 6.45) is 8.10. The molecular formula is C8H12N2. The van der Waals surface area contributed by atoms with Crippen LogP contribution < -0.4 is 0 Å². The number of hydrogen-bond donors (Lipinski definition) is 0. The molecule has 0 saturated carbocycles. The van der Waals surface area contributed by atoms with Gasteiger partial charge in [-0.15, -0.1) is 0 Å². The van der Waals surface area contributed by atoms with Gasteiger partial charge in [0, 0.05) is 0 Å². The molecular weight excluding hydrogens is 124 g/mol. The van der Waals surface area contributed by atoms with E-state index in [0.29, 0.717) is 6.04 Å². The van der Waals surface area contributed by atoms with Crippen LogP contribution in [0.25, 0.3) is 0 Å². The zero-order chi connectivity index (χ0) is 6.81. The van der Waals surface area contributed by atoms with E-state index in [9.17, 15) is 0 Å². The van der Waals surface area contributed by atoms with Gasteiger partial charge in [-0.05, 0) is 25.2 Å². The van der Waals surface area contributed by atoms with Crippen LogP contribution in [0.2, 0.25) is 0 Å². The molecule has 0 saturated heterocycles. The number of hydrogen-bond acceptors (Lipinski definition) is 2. The van der Waals surface area contributed by atoms with Gasteiger partial charge in [0.1, 0.15) is 0 Å². The smallest absolute Gasteiger partial charge is 0.0774 e. The maximum atomic E-state index is 4.23. The van der Waals surface area contributed by atoms with Crippen molar-refractivity contribution in [2.75, 3.05) is 6.54 Å². The van der Waals surface area contributed by atoms with Gasteiger partial charge in [-0.25, -0.2) is 0 Å². The molecule has 1 aliphatic carbocycles. The molecule has 0 aromatic rings. The SMILES string of the molecule is C1=CCC2N=NCCC2C1. The van der Waals surface area contributed by atoms with Crippen molar-refractivity contribution in [3.63, 3.8) is 0 Å². The van der Waals surface area contributed by atoms with E-state index in [2.05, 4.69) is 22.4 Å². The molecule has 0 N–H and O–H groups in total. The minimum absolute atomic E-state index is 0.527. The molecule has 2 rings (SSSR count). The molecule has 2 unspecified atom stereocenters. The summed E-state index contributed by atoms with van der Waals surface area (Å²) >= 11 is 0. The van der Waals surface area contributed by atoms with Gasteiger partial charge in [-0.2, -0.15) is 10.2 Å². The predicted octanol–water partition coefficient (Wildman–Crippen LogP) is 2.18. The van der Waals surface area contributed by atoms with Crippen LogP contribution in [0.3, 0.4) is 0 Å². The predicted molar refractivity (Wildman–Crippen MR) is 40.0 cm³/mol. The molecule has 10 heavy (non-hydrogen) atoms. The lowest BCUT2D eigenvalue weighted by Gasteiger charge is -2.26. The van der Waals surface area contributed by atoms with Gasteiger partial charge in [-0.3, -0.25) is 0 Å². The zero-order valence-electron chi connectivity index (χ0n) is 6.03. The van der Waals surface area contributed by atoms with Crippen molar-refractivity contribution in [3.05, 3.63) is 12.2 Å². The summed E-state index contributed by atoms with van der Waals surface area (Å²) in [5.74, 6) is 0.808. The first kappa shape index (κ1) is 6.08. The standard InChI is InChI=1S/C8H12N2/c1-2-4-8-7(3-1)5-6-9-10-8/h1-2,7-8H,3-6H2. The monoisotopic (exact) mass is 136 g/mol. The van der Waals surface area contributed by atoms with Crippen molar-refractivity contribution in [1.82, 2.24) is 0 Å². The average Bonchev–Trinajstić information content (AvgIpc) is 2.05. The highest BCUT2D eigenvalue weighted by Crippen LogP contribution is 2.27. The molecule has 2 nitrogen and oxygen atoms in total. The Balaban J connectivity index is 2.12. The molecule has 0 amide bonds. The normalized spacial score (nSPS) is 37.6. The molecule has 0 aromatic carbocycles. The first-order valence-corrected chi connectivity index (χ1v) is 3.98. The van der Waals surface area contributed by atoms with Gasteiger partial charge in [0.2, 0.25) is 0 Å². The highest BCUT2D eigenvalue weighted by atomic mass is 15.1. The fourth-order valence-electron chi connectivity index (χ4n) is 1.69. The van der Waals surface area contributed by atoms with Crippen LogP contribution in [0, 0.1) is 5.92 Å². The van der Waals surface area contributed by atoms with E-state index in [1.165, 1.54) is 12.8 Å². The van der Waals surface area contributed by atoms with Crippen molar-refractivity contribution < 1.29 is 0 Å². The number of rotatable bonds is 0. The number of allylic oxidation sites excluding steroid dienone is 1. The molecule has 0 radical (unpaired) electrons. The van der Waals surface area contributed by atoms with Crippen molar-refractivity contribution in [3.8, 4) is 0 Å². The van der Waals surface area contributed by atoms with Crippen LogP contribution in [-0.4, -0.2) is 12.6 Å². The number of nitrogens with zero attached hydrogens (tertiary/aromatic N) is 2. The Morgan fingerprint density at radius 3 is 3.00 bits per heavy atom. The Labute approximate surface area is 61.0 Å². The molecule has 0 bridgehead atoms. The minimum Gasteiger partial charge on any atom is -0.194 e. The molecule has 0 spiro atoms. The molecule has 0 fully saturated rings. The Morgan fingerprint density at radius 2 is 2.10 bits per heavy atom. The summed E-state index contributed by atoms with van der Waals surface area (Å²) in [6, 6.07) is 0.527. The average molecular weight is 136 g/mol. The number of azo groups is 1. The lowest BCUT2D eigenvalue weighted by atomic mass is 9.86. The summed E-state index contributed by atoms with van der Waals surface area (Å²) in [7, 11) is 0. The van der Waals surface area contributed by atoms with Crippen LogP contribution in [-0.2, 0) is 0 Å². The maximum absolute atomic E-state index is 4.23. The Hall–Kier alpha value is -0.660. The highest BCUT2D eigenvalue weighted by molar-refractivity contribution is 4.98. The summed E-state index contributed by atoms with van der Waals surface area (Å²) in [4.78, 5) is 0. The van der Waals surface area contributed by atoms with Gasteiger partial charge in [0.05, 0.1) is 12.6 Å². The quantitative estimate of drug-likeness (QED) is 0.456. The minimum atomic E-state index is 0.527. The van der Waals surface area contributed by atoms with Gasteiger partial charge in [0.25, 0.3) is 0 Å². The van der Waals surface area contributed by atoms with Crippen LogP contribution in [0.15, 0.2) is 22.4 Å². The summed E-state index contributed by atoms with van der Waals surface area (Å²) in [5.41, 5.74) is 0. The van der Waals surface area contributed by atoms with Crippen molar-refractivity contribution in [2.45, 2.75) is 25.3 Å². The fraction of sp³-hybridized carbons (Fsp3) is 0.750. The first-order chi connectivity index (χ1) is 4.97. The Morgan fingerprint density at radius 1 is 1.20 bits per heavy atom. The second-order valence-corrected chi connectivity index (χ2v) is 3.04. The van der Waals surface area contributed by atoms with Crippen molar-refractivity contribution >= 4 is 0 Å². The molecule has 2 atom stereocenters. The van der Waals surface area contributed by atoms with E-state index in [-0.39, 0.29) is 0 Å². The van der Waals surface area contributed by atoms with Gasteiger partial charge < -0.3 is 0 Å². The second kappa shape index (κ2) is 2.52. The lowest BCUT2D eigenvalue weighted by Crippen LogP contribution is -2.23. The third-order valence-corrected chi connectivity index (χ3v) is 2.36. The lowest BCUT2D eigenvalue weighted by molar-refractivity contribution is 0.346. The highest BCUT2D eigenvalue weighted by Gasteiger charge is 2.23. The van der Waals surface area contributed by atoms with Gasteiger partial charge in [-0.1, -0.05) is 12.2 Å². The van der Waals surface area contributed by atoms with E-state index >= 15 is 0 Å². The van der Waals surface area contributed by atoms with E-state index < -0.39 is 0 Å². The van der Waals surface area contributed by atoms with Crippen molar-refractivity contribution in [2.24, 2.45) is 16.1 Å². The Kier molecular flexibility index (Phi) is 1.53. The van der Waals surface area contributed by atoms with E-state index in [0.717, 1.165) is 18.9 Å². The zero-order valence-corrected chi connectivity index (χ0v) is 6.03. The van der Waals surface area contributed by atoms with Gasteiger partial charge in [0.15, 0.2) is 0 Å². The van der Waals surface area contributed by atoms with Crippen LogP contribution in [0.4, 0.5) is 0 Å². The summed E-state index contributed by atoms with van der Waals surface area (Å²) in [5, 5.41) is 8.28. The molecule has 1 heterocycles. The molecule has 2 aliphatic rings. The molecule has 0 aromatic heterocycles.